The number of carbonyl (C=O) groups is 3. The fourth-order valence-electron chi connectivity index (χ4n) is 4.60. The van der Waals surface area contributed by atoms with E-state index in [4.69, 9.17) is 4.74 Å². The van der Waals surface area contributed by atoms with Gasteiger partial charge in [-0.25, -0.2) is 9.59 Å². The van der Waals surface area contributed by atoms with Gasteiger partial charge in [0.2, 0.25) is 5.91 Å². The summed E-state index contributed by atoms with van der Waals surface area (Å²) in [6.07, 6.45) is 3.77. The molecule has 1 unspecified atom stereocenters. The number of aliphatic carboxylic acids is 1. The summed E-state index contributed by atoms with van der Waals surface area (Å²) in [6, 6.07) is 8.03. The number of hydrogen-bond donors (Lipinski definition) is 2. The number of unbranched alkanes of at least 4 members (excludes halogenated alkanes) is 1. The van der Waals surface area contributed by atoms with Gasteiger partial charge < -0.3 is 15.2 Å². The lowest BCUT2D eigenvalue weighted by atomic mass is 9.86. The van der Waals surface area contributed by atoms with Gasteiger partial charge in [-0.2, -0.15) is 0 Å². The third kappa shape index (κ3) is 4.78. The van der Waals surface area contributed by atoms with E-state index in [0.717, 1.165) is 25.7 Å². The van der Waals surface area contributed by atoms with E-state index in [1.807, 2.05) is 20.0 Å². The van der Waals surface area contributed by atoms with Crippen LogP contribution in [0.1, 0.15) is 55.8 Å². The molecule has 0 spiro atoms. The molecule has 29 heavy (non-hydrogen) atoms. The molecular formula is C22H30N2O5. The molecule has 7 heteroatoms. The Hall–Kier alpha value is -2.41. The van der Waals surface area contributed by atoms with Crippen LogP contribution in [0, 0.1) is 5.92 Å². The molecule has 2 saturated heterocycles. The van der Waals surface area contributed by atoms with E-state index in [0.29, 0.717) is 18.4 Å². The molecule has 2 aliphatic heterocycles. The maximum absolute atomic E-state index is 13.1. The van der Waals surface area contributed by atoms with E-state index in [9.17, 15) is 19.5 Å². The summed E-state index contributed by atoms with van der Waals surface area (Å²) in [5.41, 5.74) is 0.448. The van der Waals surface area contributed by atoms with Gasteiger partial charge in [0, 0.05) is 18.5 Å². The number of hydrogen-bond acceptors (Lipinski definition) is 5. The van der Waals surface area contributed by atoms with E-state index in [-0.39, 0.29) is 18.0 Å². The van der Waals surface area contributed by atoms with Crippen LogP contribution in [0.25, 0.3) is 0 Å². The summed E-state index contributed by atoms with van der Waals surface area (Å²) in [7, 11) is 1.99. The lowest BCUT2D eigenvalue weighted by molar-refractivity contribution is -0.145. The quantitative estimate of drug-likeness (QED) is 0.649. The van der Waals surface area contributed by atoms with Crippen LogP contribution in [0.3, 0.4) is 0 Å². The molecule has 2 bridgehead atoms. The zero-order valence-corrected chi connectivity index (χ0v) is 17.0. The van der Waals surface area contributed by atoms with E-state index in [2.05, 4.69) is 10.2 Å². The average molecular weight is 402 g/mol. The van der Waals surface area contributed by atoms with Crippen molar-refractivity contribution in [3.05, 3.63) is 35.9 Å². The summed E-state index contributed by atoms with van der Waals surface area (Å²) in [6.45, 7) is 1.98. The number of ether oxygens (including phenoxy) is 1. The van der Waals surface area contributed by atoms with E-state index in [1.54, 1.807) is 24.3 Å². The first kappa shape index (κ1) is 21.3. The SMILES string of the molecule is CCCC[C@@H](NC(=O)C1[C@@H](OC(=O)c2ccccc2)C[C@@H]2CC[C@H]1N2C)C(=O)O. The van der Waals surface area contributed by atoms with E-state index in [1.165, 1.54) is 0 Å². The summed E-state index contributed by atoms with van der Waals surface area (Å²) in [4.78, 5) is 39.5. The Bertz CT molecular complexity index is 738. The van der Waals surface area contributed by atoms with Crippen molar-refractivity contribution in [2.24, 2.45) is 5.92 Å². The van der Waals surface area contributed by atoms with Gasteiger partial charge in [-0.15, -0.1) is 0 Å². The molecule has 3 rings (SSSR count). The van der Waals surface area contributed by atoms with Gasteiger partial charge in [-0.05, 0) is 38.4 Å². The van der Waals surface area contributed by atoms with E-state index < -0.39 is 30.0 Å². The minimum atomic E-state index is -1.03. The van der Waals surface area contributed by atoms with Crippen molar-refractivity contribution in [3.8, 4) is 0 Å². The molecule has 158 valence electrons. The van der Waals surface area contributed by atoms with Crippen molar-refractivity contribution in [1.82, 2.24) is 10.2 Å². The zero-order valence-electron chi connectivity index (χ0n) is 17.0. The van der Waals surface area contributed by atoms with Crippen LogP contribution < -0.4 is 5.32 Å². The Morgan fingerprint density at radius 2 is 1.97 bits per heavy atom. The molecule has 0 aromatic heterocycles. The Morgan fingerprint density at radius 3 is 2.62 bits per heavy atom. The molecule has 2 N–H and O–H groups in total. The van der Waals surface area contributed by atoms with Crippen molar-refractivity contribution in [2.75, 3.05) is 7.05 Å². The Balaban J connectivity index is 1.76. The summed E-state index contributed by atoms with van der Waals surface area (Å²) in [5, 5.41) is 12.2. The molecule has 0 aliphatic carbocycles. The minimum absolute atomic E-state index is 0.0528. The second-order valence-electron chi connectivity index (χ2n) is 8.08. The van der Waals surface area contributed by atoms with Crippen molar-refractivity contribution in [3.63, 3.8) is 0 Å². The second-order valence-corrected chi connectivity index (χ2v) is 8.08. The largest absolute Gasteiger partial charge is 0.480 e. The first-order chi connectivity index (χ1) is 13.9. The van der Waals surface area contributed by atoms with Gasteiger partial charge in [0.1, 0.15) is 12.1 Å². The smallest absolute Gasteiger partial charge is 0.338 e. The highest BCUT2D eigenvalue weighted by Gasteiger charge is 2.50. The number of fused-ring (bicyclic) bond motifs is 2. The van der Waals surface area contributed by atoms with Crippen LogP contribution in [0.15, 0.2) is 30.3 Å². The van der Waals surface area contributed by atoms with Crippen molar-refractivity contribution < 1.29 is 24.2 Å². The Morgan fingerprint density at radius 1 is 1.24 bits per heavy atom. The van der Waals surface area contributed by atoms with Crippen LogP contribution in [-0.4, -0.2) is 59.1 Å². The molecule has 2 heterocycles. The zero-order chi connectivity index (χ0) is 21.0. The fraction of sp³-hybridized carbons (Fsp3) is 0.591. The third-order valence-corrected chi connectivity index (χ3v) is 6.25. The highest BCUT2D eigenvalue weighted by molar-refractivity contribution is 5.90. The minimum Gasteiger partial charge on any atom is -0.480 e. The van der Waals surface area contributed by atoms with Crippen molar-refractivity contribution in [2.45, 2.75) is 69.7 Å². The normalized spacial score (nSPS) is 27.2. The third-order valence-electron chi connectivity index (χ3n) is 6.25. The monoisotopic (exact) mass is 402 g/mol. The van der Waals surface area contributed by atoms with Crippen LogP contribution in [0.5, 0.6) is 0 Å². The maximum Gasteiger partial charge on any atom is 0.338 e. The molecular weight excluding hydrogens is 372 g/mol. The number of amides is 1. The van der Waals surface area contributed by atoms with Gasteiger partial charge in [-0.1, -0.05) is 38.0 Å². The average Bonchev–Trinajstić information content (AvgIpc) is 2.94. The maximum atomic E-state index is 13.1. The van der Waals surface area contributed by atoms with Crippen LogP contribution in [-0.2, 0) is 14.3 Å². The molecule has 1 aromatic rings. The predicted molar refractivity (Wildman–Crippen MR) is 107 cm³/mol. The number of esters is 1. The van der Waals surface area contributed by atoms with E-state index >= 15 is 0 Å². The van der Waals surface area contributed by atoms with Crippen molar-refractivity contribution >= 4 is 17.8 Å². The molecule has 2 fully saturated rings. The second kappa shape index (κ2) is 9.39. The fourth-order valence-corrected chi connectivity index (χ4v) is 4.60. The number of carboxylic acids is 1. The topological polar surface area (TPSA) is 95.9 Å². The molecule has 1 amide bonds. The standard InChI is InChI=1S/C22H30N2O5/c1-3-4-10-16(21(26)27)23-20(25)19-17-12-11-15(24(17)2)13-18(19)29-22(28)14-8-6-5-7-9-14/h5-9,15-19H,3-4,10-13H2,1-2H3,(H,23,25)(H,26,27)/t15-,16+,17+,18-,19?/m0/s1. The summed E-state index contributed by atoms with van der Waals surface area (Å²) in [5.74, 6) is -2.39. The molecule has 7 nitrogen and oxygen atoms in total. The Labute approximate surface area is 171 Å². The number of nitrogens with one attached hydrogen (secondary N) is 1. The molecule has 1 aromatic carbocycles. The highest BCUT2D eigenvalue weighted by Crippen LogP contribution is 2.40. The highest BCUT2D eigenvalue weighted by atomic mass is 16.5. The summed E-state index contributed by atoms with van der Waals surface area (Å²) >= 11 is 0. The number of carbonyl (C=O) groups excluding carboxylic acids is 2. The number of carboxylic acid groups (broad SMARTS) is 1. The van der Waals surface area contributed by atoms with Gasteiger partial charge >= 0.3 is 11.9 Å². The Kier molecular flexibility index (Phi) is 6.90. The molecule has 0 saturated carbocycles. The van der Waals surface area contributed by atoms with Crippen LogP contribution >= 0.6 is 0 Å². The van der Waals surface area contributed by atoms with Crippen LogP contribution in [0.4, 0.5) is 0 Å². The van der Waals surface area contributed by atoms with Gasteiger partial charge in [0.05, 0.1) is 11.5 Å². The van der Waals surface area contributed by atoms with Crippen LogP contribution in [0.2, 0.25) is 0 Å². The summed E-state index contributed by atoms with van der Waals surface area (Å²) < 4.78 is 5.79. The van der Waals surface area contributed by atoms with Gasteiger partial charge in [0.25, 0.3) is 0 Å². The lowest BCUT2D eigenvalue weighted by Gasteiger charge is -2.41. The van der Waals surface area contributed by atoms with Crippen molar-refractivity contribution in [1.29, 1.82) is 0 Å². The molecule has 2 aliphatic rings. The van der Waals surface area contributed by atoms with Gasteiger partial charge in [-0.3, -0.25) is 9.69 Å². The number of piperidine rings is 1. The molecule has 0 radical (unpaired) electrons. The lowest BCUT2D eigenvalue weighted by Crippen LogP contribution is -2.57. The first-order valence-electron chi connectivity index (χ1n) is 10.4. The number of benzene rings is 1. The number of nitrogens with zero attached hydrogens (tertiary/aromatic N) is 1. The first-order valence-corrected chi connectivity index (χ1v) is 10.4. The predicted octanol–water partition coefficient (Wildman–Crippen LogP) is 2.45. The number of rotatable bonds is 8. The van der Waals surface area contributed by atoms with Gasteiger partial charge in [0.15, 0.2) is 0 Å². The molecule has 5 atom stereocenters.